The molecule has 1 aliphatic heterocycles. The Bertz CT molecular complexity index is 556. The Morgan fingerprint density at radius 3 is 2.84 bits per heavy atom. The summed E-state index contributed by atoms with van der Waals surface area (Å²) in [6.07, 6.45) is 1.85. The second-order valence-corrected chi connectivity index (χ2v) is 7.06. The molecule has 1 aliphatic rings. The van der Waals surface area contributed by atoms with Crippen LogP contribution in [0, 0.1) is 0 Å². The SMILES string of the molecule is CN(CC1CCCO1)S(=O)(=O)c1ccc(Cl)c(N)c1. The molecule has 1 saturated heterocycles. The quantitative estimate of drug-likeness (QED) is 0.860. The van der Waals surface area contributed by atoms with Crippen LogP contribution in [0.25, 0.3) is 0 Å². The minimum absolute atomic E-state index is 0.0237. The number of benzene rings is 1. The van der Waals surface area contributed by atoms with Gasteiger partial charge in [-0.2, -0.15) is 4.31 Å². The van der Waals surface area contributed by atoms with E-state index in [4.69, 9.17) is 22.1 Å². The molecule has 0 spiro atoms. The summed E-state index contributed by atoms with van der Waals surface area (Å²) in [6.45, 7) is 1.05. The minimum Gasteiger partial charge on any atom is -0.397 e. The summed E-state index contributed by atoms with van der Waals surface area (Å²) in [5.74, 6) is 0. The number of nitrogens with zero attached hydrogens (tertiary/aromatic N) is 1. The molecule has 106 valence electrons. The Morgan fingerprint density at radius 2 is 2.26 bits per heavy atom. The highest BCUT2D eigenvalue weighted by Crippen LogP contribution is 2.24. The number of rotatable bonds is 4. The van der Waals surface area contributed by atoms with Crippen LogP contribution in [0.5, 0.6) is 0 Å². The first-order valence-corrected chi connectivity index (χ1v) is 7.86. The van der Waals surface area contributed by atoms with Gasteiger partial charge in [-0.15, -0.1) is 0 Å². The van der Waals surface area contributed by atoms with Crippen LogP contribution in [0.2, 0.25) is 5.02 Å². The minimum atomic E-state index is -3.55. The van der Waals surface area contributed by atoms with Crippen molar-refractivity contribution in [1.29, 1.82) is 0 Å². The van der Waals surface area contributed by atoms with Crippen molar-refractivity contribution in [2.45, 2.75) is 23.8 Å². The average Bonchev–Trinajstić information content (AvgIpc) is 2.85. The van der Waals surface area contributed by atoms with E-state index in [9.17, 15) is 8.42 Å². The summed E-state index contributed by atoms with van der Waals surface area (Å²) < 4.78 is 31.5. The number of hydrogen-bond acceptors (Lipinski definition) is 4. The summed E-state index contributed by atoms with van der Waals surface area (Å²) >= 11 is 5.79. The molecule has 5 nitrogen and oxygen atoms in total. The first kappa shape index (κ1) is 14.6. The average molecular weight is 305 g/mol. The molecule has 19 heavy (non-hydrogen) atoms. The normalized spacial score (nSPS) is 20.1. The molecular weight excluding hydrogens is 288 g/mol. The predicted octanol–water partition coefficient (Wildman–Crippen LogP) is 1.72. The van der Waals surface area contributed by atoms with Gasteiger partial charge in [0.05, 0.1) is 21.7 Å². The number of ether oxygens (including phenoxy) is 1. The van der Waals surface area contributed by atoms with Crippen molar-refractivity contribution in [3.8, 4) is 0 Å². The van der Waals surface area contributed by atoms with Crippen LogP contribution < -0.4 is 5.73 Å². The predicted molar refractivity (Wildman–Crippen MR) is 74.7 cm³/mol. The molecule has 1 fully saturated rings. The molecule has 0 amide bonds. The fourth-order valence-corrected chi connectivity index (χ4v) is 3.39. The van der Waals surface area contributed by atoms with Gasteiger partial charge >= 0.3 is 0 Å². The second kappa shape index (κ2) is 5.66. The molecule has 2 rings (SSSR count). The highest BCUT2D eigenvalue weighted by molar-refractivity contribution is 7.89. The van der Waals surface area contributed by atoms with Gasteiger partial charge in [-0.05, 0) is 31.0 Å². The van der Waals surface area contributed by atoms with E-state index in [0.717, 1.165) is 12.8 Å². The van der Waals surface area contributed by atoms with Crippen molar-refractivity contribution in [3.63, 3.8) is 0 Å². The van der Waals surface area contributed by atoms with Crippen molar-refractivity contribution >= 4 is 27.3 Å². The van der Waals surface area contributed by atoms with Gasteiger partial charge in [0.15, 0.2) is 0 Å². The van der Waals surface area contributed by atoms with Gasteiger partial charge in [0.2, 0.25) is 10.0 Å². The van der Waals surface area contributed by atoms with Gasteiger partial charge in [0.1, 0.15) is 0 Å². The fraction of sp³-hybridized carbons (Fsp3) is 0.500. The van der Waals surface area contributed by atoms with Crippen molar-refractivity contribution < 1.29 is 13.2 Å². The lowest BCUT2D eigenvalue weighted by Gasteiger charge is -2.20. The zero-order chi connectivity index (χ0) is 14.0. The van der Waals surface area contributed by atoms with E-state index in [2.05, 4.69) is 0 Å². The number of nitrogens with two attached hydrogens (primary N) is 1. The third kappa shape index (κ3) is 3.20. The van der Waals surface area contributed by atoms with E-state index < -0.39 is 10.0 Å². The Labute approximate surface area is 118 Å². The van der Waals surface area contributed by atoms with Gasteiger partial charge in [0.25, 0.3) is 0 Å². The maximum absolute atomic E-state index is 12.4. The van der Waals surface area contributed by atoms with E-state index in [-0.39, 0.29) is 16.7 Å². The van der Waals surface area contributed by atoms with E-state index in [1.165, 1.54) is 22.5 Å². The topological polar surface area (TPSA) is 72.6 Å². The third-order valence-electron chi connectivity index (χ3n) is 3.16. The van der Waals surface area contributed by atoms with Crippen molar-refractivity contribution in [3.05, 3.63) is 23.2 Å². The Balaban J connectivity index is 2.18. The van der Waals surface area contributed by atoms with E-state index in [1.54, 1.807) is 7.05 Å². The molecule has 0 aromatic heterocycles. The first-order chi connectivity index (χ1) is 8.91. The van der Waals surface area contributed by atoms with Crippen molar-refractivity contribution in [2.24, 2.45) is 0 Å². The summed E-state index contributed by atoms with van der Waals surface area (Å²) in [5.41, 5.74) is 5.90. The van der Waals surface area contributed by atoms with Crippen molar-refractivity contribution in [2.75, 3.05) is 25.9 Å². The van der Waals surface area contributed by atoms with Crippen LogP contribution in [0.3, 0.4) is 0 Å². The van der Waals surface area contributed by atoms with Crippen LogP contribution in [-0.2, 0) is 14.8 Å². The molecule has 0 saturated carbocycles. The Kier molecular flexibility index (Phi) is 4.35. The Hall–Kier alpha value is -0.820. The molecule has 1 aromatic rings. The molecule has 1 atom stereocenters. The maximum atomic E-state index is 12.4. The van der Waals surface area contributed by atoms with Gasteiger partial charge in [-0.3, -0.25) is 0 Å². The van der Waals surface area contributed by atoms with E-state index in [0.29, 0.717) is 18.2 Å². The monoisotopic (exact) mass is 304 g/mol. The number of halogens is 1. The van der Waals surface area contributed by atoms with Crippen LogP contribution >= 0.6 is 11.6 Å². The number of likely N-dealkylation sites (N-methyl/N-ethyl adjacent to an activating group) is 1. The lowest BCUT2D eigenvalue weighted by molar-refractivity contribution is 0.0979. The number of nitrogen functional groups attached to an aromatic ring is 1. The first-order valence-electron chi connectivity index (χ1n) is 6.04. The number of anilines is 1. The highest BCUT2D eigenvalue weighted by Gasteiger charge is 2.26. The standard InChI is InChI=1S/C12H17ClN2O3S/c1-15(8-9-3-2-6-18-9)19(16,17)10-4-5-11(13)12(14)7-10/h4-5,7,9H,2-3,6,8,14H2,1H3. The van der Waals surface area contributed by atoms with Gasteiger partial charge in [-0.1, -0.05) is 11.6 Å². The second-order valence-electron chi connectivity index (χ2n) is 4.60. The molecule has 1 unspecified atom stereocenters. The lowest BCUT2D eigenvalue weighted by Crippen LogP contribution is -2.34. The van der Waals surface area contributed by atoms with Gasteiger partial charge < -0.3 is 10.5 Å². The molecular formula is C12H17ClN2O3S. The smallest absolute Gasteiger partial charge is 0.242 e. The fourth-order valence-electron chi connectivity index (χ4n) is 2.04. The van der Waals surface area contributed by atoms with Crippen molar-refractivity contribution in [1.82, 2.24) is 4.31 Å². The van der Waals surface area contributed by atoms with Crippen LogP contribution in [-0.4, -0.2) is 39.0 Å². The number of sulfonamides is 1. The zero-order valence-electron chi connectivity index (χ0n) is 10.7. The molecule has 2 N–H and O–H groups in total. The number of hydrogen-bond donors (Lipinski definition) is 1. The summed E-state index contributed by atoms with van der Waals surface area (Å²) in [4.78, 5) is 0.148. The third-order valence-corrected chi connectivity index (χ3v) is 5.32. The van der Waals surface area contributed by atoms with Crippen LogP contribution in [0.4, 0.5) is 5.69 Å². The molecule has 0 radical (unpaired) electrons. The lowest BCUT2D eigenvalue weighted by atomic mass is 10.2. The summed E-state index contributed by atoms with van der Waals surface area (Å²) in [6, 6.07) is 4.33. The van der Waals surface area contributed by atoms with Gasteiger partial charge in [0, 0.05) is 20.2 Å². The Morgan fingerprint density at radius 1 is 1.53 bits per heavy atom. The van der Waals surface area contributed by atoms with E-state index >= 15 is 0 Å². The van der Waals surface area contributed by atoms with Crippen LogP contribution in [0.15, 0.2) is 23.1 Å². The molecule has 0 aliphatic carbocycles. The molecule has 1 aromatic carbocycles. The van der Waals surface area contributed by atoms with Crippen LogP contribution in [0.1, 0.15) is 12.8 Å². The molecule has 0 bridgehead atoms. The largest absolute Gasteiger partial charge is 0.397 e. The summed E-state index contributed by atoms with van der Waals surface area (Å²) in [5, 5.41) is 0.348. The van der Waals surface area contributed by atoms with Gasteiger partial charge in [-0.25, -0.2) is 8.42 Å². The summed E-state index contributed by atoms with van der Waals surface area (Å²) in [7, 11) is -2.01. The van der Waals surface area contributed by atoms with E-state index in [1.807, 2.05) is 0 Å². The molecule has 1 heterocycles. The maximum Gasteiger partial charge on any atom is 0.242 e. The molecule has 7 heteroatoms. The zero-order valence-corrected chi connectivity index (χ0v) is 12.2. The highest BCUT2D eigenvalue weighted by atomic mass is 35.5.